The van der Waals surface area contributed by atoms with Crippen LogP contribution in [0, 0.1) is 11.3 Å². The lowest BCUT2D eigenvalue weighted by molar-refractivity contribution is 0.233. The Kier molecular flexibility index (Phi) is 5.16. The van der Waals surface area contributed by atoms with E-state index in [1.54, 1.807) is 0 Å². The molecule has 0 heterocycles. The smallest absolute Gasteiger partial charge is 0.119 e. The highest BCUT2D eigenvalue weighted by Crippen LogP contribution is 2.09. The molecule has 0 aliphatic rings. The van der Waals surface area contributed by atoms with Gasteiger partial charge in [0, 0.05) is 13.1 Å². The summed E-state index contributed by atoms with van der Waals surface area (Å²) in [5, 5.41) is 8.76. The number of nitrogens with zero attached hydrogens (tertiary/aromatic N) is 2. The molecule has 2 aromatic rings. The molecule has 0 saturated heterocycles. The second kappa shape index (κ2) is 7.32. The van der Waals surface area contributed by atoms with Crippen LogP contribution in [0.15, 0.2) is 54.6 Å². The van der Waals surface area contributed by atoms with E-state index < -0.39 is 0 Å². The predicted octanol–water partition coefficient (Wildman–Crippen LogP) is 3.07. The summed E-state index contributed by atoms with van der Waals surface area (Å²) in [7, 11) is 2.06. The largest absolute Gasteiger partial charge is 0.492 e. The molecule has 0 saturated carbocycles. The number of hydrogen-bond donors (Lipinski definition) is 0. The molecule has 0 bridgehead atoms. The Bertz CT molecular complexity index is 558. The number of rotatable bonds is 6. The maximum atomic E-state index is 8.76. The first kappa shape index (κ1) is 14.1. The molecule has 0 aliphatic carbocycles. The van der Waals surface area contributed by atoms with Crippen molar-refractivity contribution in [2.45, 2.75) is 6.54 Å². The summed E-state index contributed by atoms with van der Waals surface area (Å²) in [6.07, 6.45) is 0. The van der Waals surface area contributed by atoms with Gasteiger partial charge in [0.1, 0.15) is 12.4 Å². The number of hydrogen-bond acceptors (Lipinski definition) is 3. The monoisotopic (exact) mass is 266 g/mol. The topological polar surface area (TPSA) is 36.3 Å². The fraction of sp³-hybridized carbons (Fsp3) is 0.235. The molecule has 3 heteroatoms. The third-order valence-corrected chi connectivity index (χ3v) is 3.02. The van der Waals surface area contributed by atoms with Gasteiger partial charge in [0.15, 0.2) is 0 Å². The summed E-state index contributed by atoms with van der Waals surface area (Å²) < 4.78 is 5.67. The Hall–Kier alpha value is -2.31. The van der Waals surface area contributed by atoms with Crippen molar-refractivity contribution >= 4 is 0 Å². The average Bonchev–Trinajstić information content (AvgIpc) is 2.49. The van der Waals surface area contributed by atoms with Gasteiger partial charge in [-0.25, -0.2) is 0 Å². The Labute approximate surface area is 120 Å². The summed E-state index contributed by atoms with van der Waals surface area (Å²) in [6, 6.07) is 19.6. The molecular formula is C17H18N2O. The van der Waals surface area contributed by atoms with Crippen LogP contribution in [0.3, 0.4) is 0 Å². The molecule has 2 aromatic carbocycles. The first-order chi connectivity index (χ1) is 9.78. The Morgan fingerprint density at radius 3 is 2.40 bits per heavy atom. The van der Waals surface area contributed by atoms with Gasteiger partial charge in [0.05, 0.1) is 11.6 Å². The number of likely N-dealkylation sites (N-methyl/N-ethyl adjacent to an activating group) is 1. The molecule has 3 nitrogen and oxygen atoms in total. The van der Waals surface area contributed by atoms with Gasteiger partial charge in [-0.3, -0.25) is 4.90 Å². The quantitative estimate of drug-likeness (QED) is 0.806. The molecule has 0 fully saturated rings. The summed E-state index contributed by atoms with van der Waals surface area (Å²) >= 11 is 0. The molecule has 2 rings (SSSR count). The van der Waals surface area contributed by atoms with E-state index in [4.69, 9.17) is 10.00 Å². The molecule has 0 spiro atoms. The SMILES string of the molecule is CN(CCOc1ccccc1)Cc1ccc(C#N)cc1. The number of nitriles is 1. The van der Waals surface area contributed by atoms with Crippen molar-refractivity contribution in [1.82, 2.24) is 4.90 Å². The van der Waals surface area contributed by atoms with Gasteiger partial charge in [-0.05, 0) is 36.9 Å². The Morgan fingerprint density at radius 1 is 1.05 bits per heavy atom. The third-order valence-electron chi connectivity index (χ3n) is 3.02. The third kappa shape index (κ3) is 4.42. The highest BCUT2D eigenvalue weighted by atomic mass is 16.5. The molecule has 0 N–H and O–H groups in total. The number of benzene rings is 2. The fourth-order valence-electron chi connectivity index (χ4n) is 1.91. The zero-order valence-corrected chi connectivity index (χ0v) is 11.6. The van der Waals surface area contributed by atoms with Crippen molar-refractivity contribution in [2.75, 3.05) is 20.2 Å². The number of para-hydroxylation sites is 1. The predicted molar refractivity (Wildman–Crippen MR) is 79.4 cm³/mol. The van der Waals surface area contributed by atoms with E-state index >= 15 is 0 Å². The zero-order valence-electron chi connectivity index (χ0n) is 11.6. The van der Waals surface area contributed by atoms with Crippen LogP contribution >= 0.6 is 0 Å². The van der Waals surface area contributed by atoms with E-state index in [9.17, 15) is 0 Å². The number of ether oxygens (including phenoxy) is 1. The summed E-state index contributed by atoms with van der Waals surface area (Å²) in [4.78, 5) is 2.20. The van der Waals surface area contributed by atoms with Gasteiger partial charge < -0.3 is 4.74 Å². The van der Waals surface area contributed by atoms with Crippen LogP contribution < -0.4 is 4.74 Å². The highest BCUT2D eigenvalue weighted by molar-refractivity contribution is 5.31. The molecule has 0 unspecified atom stereocenters. The normalized spacial score (nSPS) is 10.2. The molecular weight excluding hydrogens is 248 g/mol. The fourth-order valence-corrected chi connectivity index (χ4v) is 1.91. The van der Waals surface area contributed by atoms with Crippen LogP contribution in [0.1, 0.15) is 11.1 Å². The lowest BCUT2D eigenvalue weighted by Gasteiger charge is -2.17. The maximum Gasteiger partial charge on any atom is 0.119 e. The minimum Gasteiger partial charge on any atom is -0.492 e. The zero-order chi connectivity index (χ0) is 14.2. The maximum absolute atomic E-state index is 8.76. The van der Waals surface area contributed by atoms with Crippen LogP contribution in [0.2, 0.25) is 0 Å². The van der Waals surface area contributed by atoms with Crippen molar-refractivity contribution in [2.24, 2.45) is 0 Å². The van der Waals surface area contributed by atoms with Crippen LogP contribution in [-0.2, 0) is 6.54 Å². The molecule has 20 heavy (non-hydrogen) atoms. The van der Waals surface area contributed by atoms with Crippen LogP contribution in [0.5, 0.6) is 5.75 Å². The van der Waals surface area contributed by atoms with Gasteiger partial charge in [-0.2, -0.15) is 5.26 Å². The van der Waals surface area contributed by atoms with E-state index in [1.165, 1.54) is 5.56 Å². The van der Waals surface area contributed by atoms with E-state index in [2.05, 4.69) is 18.0 Å². The average molecular weight is 266 g/mol. The van der Waals surface area contributed by atoms with Crippen molar-refractivity contribution in [1.29, 1.82) is 5.26 Å². The molecule has 102 valence electrons. The van der Waals surface area contributed by atoms with Gasteiger partial charge in [0.2, 0.25) is 0 Å². The van der Waals surface area contributed by atoms with Crippen LogP contribution in [-0.4, -0.2) is 25.1 Å². The lowest BCUT2D eigenvalue weighted by Crippen LogP contribution is -2.23. The van der Waals surface area contributed by atoms with E-state index in [-0.39, 0.29) is 0 Å². The standard InChI is InChI=1S/C17H18N2O/c1-19(11-12-20-17-5-3-2-4-6-17)14-16-9-7-15(13-18)8-10-16/h2-10H,11-12,14H2,1H3. The Balaban J connectivity index is 1.75. The second-order valence-corrected chi connectivity index (χ2v) is 4.71. The van der Waals surface area contributed by atoms with Crippen LogP contribution in [0.25, 0.3) is 0 Å². The first-order valence-corrected chi connectivity index (χ1v) is 6.63. The molecule has 0 aliphatic heterocycles. The summed E-state index contributed by atoms with van der Waals surface area (Å²) in [5.41, 5.74) is 1.90. The first-order valence-electron chi connectivity index (χ1n) is 6.63. The summed E-state index contributed by atoms with van der Waals surface area (Å²) in [6.45, 7) is 2.37. The second-order valence-electron chi connectivity index (χ2n) is 4.71. The van der Waals surface area contributed by atoms with Crippen LogP contribution in [0.4, 0.5) is 0 Å². The van der Waals surface area contributed by atoms with Gasteiger partial charge in [-0.1, -0.05) is 30.3 Å². The van der Waals surface area contributed by atoms with E-state index in [1.807, 2.05) is 54.6 Å². The van der Waals surface area contributed by atoms with Crippen molar-refractivity contribution in [3.63, 3.8) is 0 Å². The van der Waals surface area contributed by atoms with Crippen molar-refractivity contribution in [3.8, 4) is 11.8 Å². The van der Waals surface area contributed by atoms with E-state index in [0.717, 1.165) is 18.8 Å². The molecule has 0 atom stereocenters. The van der Waals surface area contributed by atoms with Crippen molar-refractivity contribution in [3.05, 3.63) is 65.7 Å². The minimum absolute atomic E-state index is 0.663. The minimum atomic E-state index is 0.663. The lowest BCUT2D eigenvalue weighted by atomic mass is 10.1. The van der Waals surface area contributed by atoms with Gasteiger partial charge in [0.25, 0.3) is 0 Å². The highest BCUT2D eigenvalue weighted by Gasteiger charge is 2.01. The van der Waals surface area contributed by atoms with Gasteiger partial charge >= 0.3 is 0 Å². The molecule has 0 radical (unpaired) electrons. The van der Waals surface area contributed by atoms with E-state index in [0.29, 0.717) is 12.2 Å². The molecule has 0 amide bonds. The molecule has 0 aromatic heterocycles. The summed E-state index contributed by atoms with van der Waals surface area (Å²) in [5.74, 6) is 0.902. The Morgan fingerprint density at radius 2 is 1.75 bits per heavy atom. The van der Waals surface area contributed by atoms with Gasteiger partial charge in [-0.15, -0.1) is 0 Å². The van der Waals surface area contributed by atoms with Crippen molar-refractivity contribution < 1.29 is 4.74 Å².